The van der Waals surface area contributed by atoms with Crippen LogP contribution < -0.4 is 5.32 Å². The normalized spacial score (nSPS) is 10.7. The number of anilines is 1. The van der Waals surface area contributed by atoms with E-state index in [2.05, 4.69) is 12.2 Å². The molecule has 0 spiro atoms. The van der Waals surface area contributed by atoms with Crippen molar-refractivity contribution in [3.05, 3.63) is 71.3 Å². The van der Waals surface area contributed by atoms with Gasteiger partial charge in [-0.25, -0.2) is 0 Å². The van der Waals surface area contributed by atoms with E-state index in [-0.39, 0.29) is 5.91 Å². The van der Waals surface area contributed by atoms with Crippen LogP contribution in [0.4, 0.5) is 5.69 Å². The van der Waals surface area contributed by atoms with Gasteiger partial charge in [-0.05, 0) is 36.1 Å². The minimum absolute atomic E-state index is 0.0992. The number of rotatable bonds is 4. The number of carbonyl (C=O) groups excluding carboxylic acids is 1. The van der Waals surface area contributed by atoms with E-state index < -0.39 is 0 Å². The van der Waals surface area contributed by atoms with E-state index in [4.69, 9.17) is 0 Å². The van der Waals surface area contributed by atoms with E-state index in [0.29, 0.717) is 0 Å². The first-order valence-electron chi connectivity index (χ1n) is 6.83. The van der Waals surface area contributed by atoms with Crippen molar-refractivity contribution in [1.82, 2.24) is 0 Å². The third-order valence-electron chi connectivity index (χ3n) is 3.21. The molecule has 0 saturated heterocycles. The van der Waals surface area contributed by atoms with Gasteiger partial charge in [-0.2, -0.15) is 0 Å². The van der Waals surface area contributed by atoms with E-state index in [0.717, 1.165) is 28.8 Å². The van der Waals surface area contributed by atoms with Gasteiger partial charge in [-0.15, -0.1) is 0 Å². The Morgan fingerprint density at radius 2 is 1.85 bits per heavy atom. The molecular weight excluding hydrogens is 246 g/mol. The first kappa shape index (κ1) is 14.1. The number of carbonyl (C=O) groups is 1. The van der Waals surface area contributed by atoms with Crippen molar-refractivity contribution in [2.75, 3.05) is 5.32 Å². The maximum atomic E-state index is 12.0. The maximum Gasteiger partial charge on any atom is 0.248 e. The smallest absolute Gasteiger partial charge is 0.248 e. The molecule has 2 aromatic carbocycles. The summed E-state index contributed by atoms with van der Waals surface area (Å²) in [6.45, 7) is 4.10. The van der Waals surface area contributed by atoms with Gasteiger partial charge in [-0.3, -0.25) is 4.79 Å². The number of aryl methyl sites for hydroxylation is 2. The van der Waals surface area contributed by atoms with Gasteiger partial charge < -0.3 is 5.32 Å². The molecule has 20 heavy (non-hydrogen) atoms. The Kier molecular flexibility index (Phi) is 4.72. The standard InChI is InChI=1S/C18H19NO/c1-3-16-11-7-8-14(2)18(16)19-17(20)13-12-15-9-5-4-6-10-15/h4-13H,3H2,1-2H3,(H,19,20). The fraction of sp³-hybridized carbons (Fsp3) is 0.167. The van der Waals surface area contributed by atoms with Crippen LogP contribution in [-0.2, 0) is 11.2 Å². The monoisotopic (exact) mass is 265 g/mol. The zero-order chi connectivity index (χ0) is 14.4. The van der Waals surface area contributed by atoms with Crippen LogP contribution in [0.15, 0.2) is 54.6 Å². The van der Waals surface area contributed by atoms with Crippen LogP contribution in [0.25, 0.3) is 6.08 Å². The second-order valence-electron chi connectivity index (χ2n) is 4.70. The lowest BCUT2D eigenvalue weighted by atomic mass is 10.1. The fourth-order valence-corrected chi connectivity index (χ4v) is 2.10. The van der Waals surface area contributed by atoms with Gasteiger partial charge in [0, 0.05) is 11.8 Å². The van der Waals surface area contributed by atoms with Crippen LogP contribution in [-0.4, -0.2) is 5.91 Å². The third kappa shape index (κ3) is 3.58. The summed E-state index contributed by atoms with van der Waals surface area (Å²) in [6.07, 6.45) is 4.29. The van der Waals surface area contributed by atoms with Gasteiger partial charge >= 0.3 is 0 Å². The van der Waals surface area contributed by atoms with Crippen LogP contribution in [0.3, 0.4) is 0 Å². The van der Waals surface area contributed by atoms with Crippen molar-refractivity contribution in [3.63, 3.8) is 0 Å². The molecule has 1 N–H and O–H groups in total. The molecule has 0 saturated carbocycles. The van der Waals surface area contributed by atoms with Crippen LogP contribution in [0.2, 0.25) is 0 Å². The SMILES string of the molecule is CCc1cccc(C)c1NC(=O)C=Cc1ccccc1. The molecule has 0 aliphatic rings. The summed E-state index contributed by atoms with van der Waals surface area (Å²) < 4.78 is 0. The Morgan fingerprint density at radius 3 is 2.55 bits per heavy atom. The van der Waals surface area contributed by atoms with Gasteiger partial charge in [0.2, 0.25) is 5.91 Å². The van der Waals surface area contributed by atoms with E-state index in [1.807, 2.05) is 61.5 Å². The number of nitrogens with one attached hydrogen (secondary N) is 1. The van der Waals surface area contributed by atoms with E-state index >= 15 is 0 Å². The minimum Gasteiger partial charge on any atom is -0.322 e. The average Bonchev–Trinajstić information content (AvgIpc) is 2.48. The largest absolute Gasteiger partial charge is 0.322 e. The van der Waals surface area contributed by atoms with Crippen molar-refractivity contribution >= 4 is 17.7 Å². The van der Waals surface area contributed by atoms with Crippen LogP contribution in [0.5, 0.6) is 0 Å². The topological polar surface area (TPSA) is 29.1 Å². The molecular formula is C18H19NO. The Labute approximate surface area is 120 Å². The molecule has 0 aromatic heterocycles. The Bertz CT molecular complexity index is 615. The zero-order valence-electron chi connectivity index (χ0n) is 11.9. The van der Waals surface area contributed by atoms with Crippen LogP contribution in [0, 0.1) is 6.92 Å². The Morgan fingerprint density at radius 1 is 1.10 bits per heavy atom. The molecule has 0 atom stereocenters. The second kappa shape index (κ2) is 6.71. The number of hydrogen-bond donors (Lipinski definition) is 1. The summed E-state index contributed by atoms with van der Waals surface area (Å²) in [7, 11) is 0. The molecule has 0 unspecified atom stereocenters. The molecule has 2 aromatic rings. The van der Waals surface area contributed by atoms with Crippen molar-refractivity contribution in [3.8, 4) is 0 Å². The average molecular weight is 265 g/mol. The van der Waals surface area contributed by atoms with Crippen molar-refractivity contribution < 1.29 is 4.79 Å². The molecule has 0 aliphatic heterocycles. The number of hydrogen-bond acceptors (Lipinski definition) is 1. The molecule has 0 aliphatic carbocycles. The van der Waals surface area contributed by atoms with Gasteiger partial charge in [0.05, 0.1) is 0 Å². The van der Waals surface area contributed by atoms with Gasteiger partial charge in [0.1, 0.15) is 0 Å². The number of para-hydroxylation sites is 1. The van der Waals surface area contributed by atoms with Gasteiger partial charge in [0.15, 0.2) is 0 Å². The highest BCUT2D eigenvalue weighted by atomic mass is 16.1. The maximum absolute atomic E-state index is 12.0. The molecule has 0 radical (unpaired) electrons. The minimum atomic E-state index is -0.0992. The predicted molar refractivity (Wildman–Crippen MR) is 84.7 cm³/mol. The lowest BCUT2D eigenvalue weighted by Crippen LogP contribution is -2.11. The summed E-state index contributed by atoms with van der Waals surface area (Å²) in [5.74, 6) is -0.0992. The molecule has 0 bridgehead atoms. The molecule has 102 valence electrons. The zero-order valence-corrected chi connectivity index (χ0v) is 11.9. The summed E-state index contributed by atoms with van der Waals surface area (Å²) in [5, 5.41) is 2.97. The molecule has 2 heteroatoms. The lowest BCUT2D eigenvalue weighted by molar-refractivity contribution is -0.111. The highest BCUT2D eigenvalue weighted by Crippen LogP contribution is 2.21. The summed E-state index contributed by atoms with van der Waals surface area (Å²) in [4.78, 5) is 12.0. The highest BCUT2D eigenvalue weighted by Gasteiger charge is 2.06. The Hall–Kier alpha value is -2.35. The van der Waals surface area contributed by atoms with E-state index in [1.54, 1.807) is 6.08 Å². The molecule has 1 amide bonds. The quantitative estimate of drug-likeness (QED) is 0.824. The summed E-state index contributed by atoms with van der Waals surface area (Å²) in [6, 6.07) is 15.9. The van der Waals surface area contributed by atoms with Crippen LogP contribution >= 0.6 is 0 Å². The van der Waals surface area contributed by atoms with Gasteiger partial charge in [0.25, 0.3) is 0 Å². The van der Waals surface area contributed by atoms with Crippen molar-refractivity contribution in [2.24, 2.45) is 0 Å². The van der Waals surface area contributed by atoms with Crippen molar-refractivity contribution in [2.45, 2.75) is 20.3 Å². The number of amides is 1. The third-order valence-corrected chi connectivity index (χ3v) is 3.21. The second-order valence-corrected chi connectivity index (χ2v) is 4.70. The van der Waals surface area contributed by atoms with Crippen molar-refractivity contribution in [1.29, 1.82) is 0 Å². The molecule has 2 rings (SSSR count). The first-order chi connectivity index (χ1) is 9.70. The van der Waals surface area contributed by atoms with E-state index in [9.17, 15) is 4.79 Å². The highest BCUT2D eigenvalue weighted by molar-refractivity contribution is 6.02. The van der Waals surface area contributed by atoms with Gasteiger partial charge in [-0.1, -0.05) is 55.5 Å². The first-order valence-corrected chi connectivity index (χ1v) is 6.83. The molecule has 0 fully saturated rings. The summed E-state index contributed by atoms with van der Waals surface area (Å²) >= 11 is 0. The predicted octanol–water partition coefficient (Wildman–Crippen LogP) is 4.21. The Balaban J connectivity index is 2.11. The lowest BCUT2D eigenvalue weighted by Gasteiger charge is -2.11. The summed E-state index contributed by atoms with van der Waals surface area (Å²) in [5.41, 5.74) is 4.19. The number of benzene rings is 2. The van der Waals surface area contributed by atoms with Crippen LogP contribution in [0.1, 0.15) is 23.6 Å². The molecule has 2 nitrogen and oxygen atoms in total. The van der Waals surface area contributed by atoms with E-state index in [1.165, 1.54) is 0 Å². The fourth-order valence-electron chi connectivity index (χ4n) is 2.10. The molecule has 0 heterocycles.